The zero-order valence-electron chi connectivity index (χ0n) is 16.3. The molecule has 4 heteroatoms. The molecule has 2 unspecified atom stereocenters. The lowest BCUT2D eigenvalue weighted by atomic mass is 9.92. The highest BCUT2D eigenvalue weighted by Crippen LogP contribution is 2.48. The van der Waals surface area contributed by atoms with Gasteiger partial charge in [0.2, 0.25) is 0 Å². The van der Waals surface area contributed by atoms with E-state index in [1.54, 1.807) is 0 Å². The van der Waals surface area contributed by atoms with Crippen LogP contribution in [0.15, 0.2) is 24.3 Å². The van der Waals surface area contributed by atoms with E-state index in [2.05, 4.69) is 43.4 Å². The second kappa shape index (κ2) is 6.64. The van der Waals surface area contributed by atoms with Gasteiger partial charge < -0.3 is 10.1 Å². The normalized spacial score (nSPS) is 22.9. The van der Waals surface area contributed by atoms with E-state index in [-0.39, 0.29) is 12.1 Å². The maximum atomic E-state index is 12.8. The van der Waals surface area contributed by atoms with Gasteiger partial charge in [0.05, 0.1) is 6.04 Å². The molecular weight excluding hydrogens is 312 g/mol. The molecule has 25 heavy (non-hydrogen) atoms. The summed E-state index contributed by atoms with van der Waals surface area (Å²) in [7, 11) is 0. The van der Waals surface area contributed by atoms with Gasteiger partial charge in [-0.2, -0.15) is 0 Å². The maximum absolute atomic E-state index is 12.8. The number of fused-ring (bicyclic) bond motifs is 1. The summed E-state index contributed by atoms with van der Waals surface area (Å²) in [5.41, 5.74) is 2.55. The Balaban J connectivity index is 1.78. The van der Waals surface area contributed by atoms with Crippen molar-refractivity contribution in [1.29, 1.82) is 0 Å². The van der Waals surface area contributed by atoms with E-state index in [4.69, 9.17) is 4.74 Å². The Bertz CT molecular complexity index is 631. The summed E-state index contributed by atoms with van der Waals surface area (Å²) in [4.78, 5) is 14.7. The van der Waals surface area contributed by atoms with Crippen molar-refractivity contribution in [3.63, 3.8) is 0 Å². The fourth-order valence-corrected chi connectivity index (χ4v) is 3.58. The second-order valence-electron chi connectivity index (χ2n) is 8.92. The molecule has 1 aromatic rings. The van der Waals surface area contributed by atoms with Crippen LogP contribution in [-0.2, 0) is 11.2 Å². The summed E-state index contributed by atoms with van der Waals surface area (Å²) in [6.07, 6.45) is 3.26. The Morgan fingerprint density at radius 1 is 1.36 bits per heavy atom. The minimum Gasteiger partial charge on any atom is -0.444 e. The molecule has 1 aliphatic heterocycles. The van der Waals surface area contributed by atoms with Crippen molar-refractivity contribution in [2.24, 2.45) is 5.41 Å². The molecular formula is C21H32N2O2. The SMILES string of the molecule is CC(NCC1c2ccccc2CCN1C(=O)OC(C)(C)C)C1(C)CC1. The molecule has 0 saturated heterocycles. The third-order valence-electron chi connectivity index (χ3n) is 5.74. The standard InChI is InChI=1S/C21H32N2O2/c1-15(21(5)11-12-21)22-14-18-17-9-7-6-8-16(17)10-13-23(18)19(24)25-20(2,3)4/h6-9,15,18,22H,10-14H2,1-5H3. The average molecular weight is 344 g/mol. The monoisotopic (exact) mass is 344 g/mol. The van der Waals surface area contributed by atoms with E-state index < -0.39 is 5.60 Å². The van der Waals surface area contributed by atoms with Crippen molar-refractivity contribution in [3.05, 3.63) is 35.4 Å². The predicted molar refractivity (Wildman–Crippen MR) is 101 cm³/mol. The molecule has 138 valence electrons. The highest BCUT2D eigenvalue weighted by atomic mass is 16.6. The van der Waals surface area contributed by atoms with Crippen molar-refractivity contribution in [3.8, 4) is 0 Å². The van der Waals surface area contributed by atoms with Gasteiger partial charge in [-0.3, -0.25) is 4.90 Å². The van der Waals surface area contributed by atoms with Crippen molar-refractivity contribution < 1.29 is 9.53 Å². The van der Waals surface area contributed by atoms with Crippen LogP contribution in [0.5, 0.6) is 0 Å². The fourth-order valence-electron chi connectivity index (χ4n) is 3.58. The number of carbonyl (C=O) groups excluding carboxylic acids is 1. The zero-order valence-corrected chi connectivity index (χ0v) is 16.3. The Kier molecular flexibility index (Phi) is 4.84. The number of amides is 1. The summed E-state index contributed by atoms with van der Waals surface area (Å²) in [6.45, 7) is 11.9. The summed E-state index contributed by atoms with van der Waals surface area (Å²) in [5.74, 6) is 0. The first-order valence-corrected chi connectivity index (χ1v) is 9.50. The summed E-state index contributed by atoms with van der Waals surface area (Å²) in [6, 6.07) is 8.98. The van der Waals surface area contributed by atoms with E-state index in [0.29, 0.717) is 18.0 Å². The van der Waals surface area contributed by atoms with Crippen molar-refractivity contribution in [2.45, 2.75) is 71.6 Å². The molecule has 0 radical (unpaired) electrons. The van der Waals surface area contributed by atoms with Crippen LogP contribution in [-0.4, -0.2) is 35.7 Å². The zero-order chi connectivity index (χ0) is 18.2. The Morgan fingerprint density at radius 2 is 2.04 bits per heavy atom. The fraction of sp³-hybridized carbons (Fsp3) is 0.667. The number of benzene rings is 1. The van der Waals surface area contributed by atoms with Gasteiger partial charge in [0.1, 0.15) is 5.60 Å². The molecule has 0 spiro atoms. The van der Waals surface area contributed by atoms with E-state index in [1.807, 2.05) is 25.7 Å². The molecule has 0 aromatic heterocycles. The van der Waals surface area contributed by atoms with Crippen LogP contribution in [0.4, 0.5) is 4.79 Å². The van der Waals surface area contributed by atoms with Gasteiger partial charge in [0, 0.05) is 19.1 Å². The molecule has 3 rings (SSSR count). The van der Waals surface area contributed by atoms with Gasteiger partial charge in [-0.05, 0) is 63.5 Å². The van der Waals surface area contributed by atoms with Crippen LogP contribution >= 0.6 is 0 Å². The van der Waals surface area contributed by atoms with Crippen LogP contribution in [0, 0.1) is 5.41 Å². The van der Waals surface area contributed by atoms with Gasteiger partial charge in [-0.15, -0.1) is 0 Å². The van der Waals surface area contributed by atoms with Gasteiger partial charge in [0.15, 0.2) is 0 Å². The number of hydrogen-bond acceptors (Lipinski definition) is 3. The van der Waals surface area contributed by atoms with Crippen LogP contribution < -0.4 is 5.32 Å². The van der Waals surface area contributed by atoms with E-state index in [1.165, 1.54) is 24.0 Å². The molecule has 1 aliphatic carbocycles. The van der Waals surface area contributed by atoms with Crippen molar-refractivity contribution in [2.75, 3.05) is 13.1 Å². The second-order valence-corrected chi connectivity index (χ2v) is 8.92. The van der Waals surface area contributed by atoms with Crippen molar-refractivity contribution in [1.82, 2.24) is 10.2 Å². The lowest BCUT2D eigenvalue weighted by Crippen LogP contribution is -2.48. The average Bonchev–Trinajstić information content (AvgIpc) is 3.29. The molecule has 1 amide bonds. The minimum absolute atomic E-state index is 0.0320. The molecule has 1 aromatic carbocycles. The highest BCUT2D eigenvalue weighted by molar-refractivity contribution is 5.69. The van der Waals surface area contributed by atoms with Crippen molar-refractivity contribution >= 4 is 6.09 Å². The first-order chi connectivity index (χ1) is 11.7. The predicted octanol–water partition coefficient (Wildman–Crippen LogP) is 4.30. The smallest absolute Gasteiger partial charge is 0.410 e. The van der Waals surface area contributed by atoms with Gasteiger partial charge in [-0.1, -0.05) is 31.2 Å². The summed E-state index contributed by atoms with van der Waals surface area (Å²) >= 11 is 0. The molecule has 2 aliphatic rings. The van der Waals surface area contributed by atoms with Gasteiger partial charge >= 0.3 is 6.09 Å². The topological polar surface area (TPSA) is 41.6 Å². The first kappa shape index (κ1) is 18.2. The third-order valence-corrected chi connectivity index (χ3v) is 5.74. The molecule has 1 N–H and O–H groups in total. The Morgan fingerprint density at radius 3 is 2.68 bits per heavy atom. The number of hydrogen-bond donors (Lipinski definition) is 1. The summed E-state index contributed by atoms with van der Waals surface area (Å²) in [5, 5.41) is 3.69. The van der Waals surface area contributed by atoms with Crippen LogP contribution in [0.2, 0.25) is 0 Å². The van der Waals surface area contributed by atoms with E-state index in [0.717, 1.165) is 13.0 Å². The van der Waals surface area contributed by atoms with E-state index in [9.17, 15) is 4.79 Å². The maximum Gasteiger partial charge on any atom is 0.410 e. The lowest BCUT2D eigenvalue weighted by Gasteiger charge is -2.39. The third kappa shape index (κ3) is 4.17. The van der Waals surface area contributed by atoms with E-state index >= 15 is 0 Å². The van der Waals surface area contributed by atoms with Gasteiger partial charge in [-0.25, -0.2) is 4.79 Å². The molecule has 1 fully saturated rings. The largest absolute Gasteiger partial charge is 0.444 e. The highest BCUT2D eigenvalue weighted by Gasteiger charge is 2.43. The lowest BCUT2D eigenvalue weighted by molar-refractivity contribution is 0.0137. The Labute approximate surface area is 151 Å². The number of rotatable bonds is 4. The molecule has 4 nitrogen and oxygen atoms in total. The van der Waals surface area contributed by atoms with Gasteiger partial charge in [0.25, 0.3) is 0 Å². The number of nitrogens with zero attached hydrogens (tertiary/aromatic N) is 1. The number of ether oxygens (including phenoxy) is 1. The molecule has 2 atom stereocenters. The number of nitrogens with one attached hydrogen (secondary N) is 1. The van der Waals surface area contributed by atoms with Crippen LogP contribution in [0.3, 0.4) is 0 Å². The quantitative estimate of drug-likeness (QED) is 0.885. The molecule has 1 heterocycles. The minimum atomic E-state index is -0.471. The molecule has 0 bridgehead atoms. The number of carbonyl (C=O) groups is 1. The Hall–Kier alpha value is -1.55. The summed E-state index contributed by atoms with van der Waals surface area (Å²) < 4.78 is 5.67. The van der Waals surface area contributed by atoms with Crippen LogP contribution in [0.25, 0.3) is 0 Å². The molecule has 1 saturated carbocycles. The first-order valence-electron chi connectivity index (χ1n) is 9.50. The van der Waals surface area contributed by atoms with Crippen LogP contribution in [0.1, 0.15) is 64.6 Å².